The molecule has 1 saturated carbocycles. The van der Waals surface area contributed by atoms with Crippen molar-refractivity contribution in [3.63, 3.8) is 0 Å². The summed E-state index contributed by atoms with van der Waals surface area (Å²) in [7, 11) is 1.91. The number of hydrogen-bond donors (Lipinski definition) is 1. The zero-order valence-corrected chi connectivity index (χ0v) is 14.0. The van der Waals surface area contributed by atoms with Gasteiger partial charge in [-0.05, 0) is 31.4 Å². The number of fused-ring (bicyclic) bond motifs is 1. The Balaban J connectivity index is 1.77. The summed E-state index contributed by atoms with van der Waals surface area (Å²) in [4.78, 5) is 25.4. The fraction of sp³-hybridized carbons (Fsp3) is 0.389. The largest absolute Gasteiger partial charge is 0.367 e. The molecule has 1 aliphatic heterocycles. The Hall–Kier alpha value is -2.63. The Labute approximate surface area is 141 Å². The molecule has 4 rings (SSSR count). The smallest absolute Gasteiger partial charge is 0.246 e. The van der Waals surface area contributed by atoms with Gasteiger partial charge in [0.15, 0.2) is 0 Å². The van der Waals surface area contributed by atoms with Crippen molar-refractivity contribution in [1.82, 2.24) is 9.97 Å². The first-order chi connectivity index (χ1) is 11.6. The average Bonchev–Trinajstić information content (AvgIpc) is 3.38. The van der Waals surface area contributed by atoms with Crippen LogP contribution in [0.15, 0.2) is 30.6 Å². The lowest BCUT2D eigenvalue weighted by Crippen LogP contribution is -2.36. The molecule has 2 aliphatic rings. The molecule has 0 bridgehead atoms. The van der Waals surface area contributed by atoms with Gasteiger partial charge in [-0.2, -0.15) is 0 Å². The Bertz CT molecular complexity index is 787. The van der Waals surface area contributed by atoms with Crippen LogP contribution in [-0.2, 0) is 11.3 Å². The van der Waals surface area contributed by atoms with Crippen LogP contribution in [0.5, 0.6) is 0 Å². The van der Waals surface area contributed by atoms with E-state index in [1.54, 1.807) is 6.33 Å². The van der Waals surface area contributed by atoms with E-state index in [0.717, 1.165) is 28.5 Å². The molecule has 6 nitrogen and oxygen atoms in total. The van der Waals surface area contributed by atoms with Crippen LogP contribution >= 0.6 is 0 Å². The summed E-state index contributed by atoms with van der Waals surface area (Å²) in [5.41, 5.74) is 3.02. The Morgan fingerprint density at radius 1 is 1.17 bits per heavy atom. The Morgan fingerprint density at radius 2 is 1.96 bits per heavy atom. The molecule has 2 aromatic rings. The lowest BCUT2D eigenvalue weighted by atomic mass is 10.1. The Morgan fingerprint density at radius 3 is 2.71 bits per heavy atom. The maximum Gasteiger partial charge on any atom is 0.246 e. The van der Waals surface area contributed by atoms with Crippen LogP contribution in [0.2, 0.25) is 0 Å². The van der Waals surface area contributed by atoms with Crippen molar-refractivity contribution in [2.75, 3.05) is 28.7 Å². The standard InChI is InChI=1S/C18H21N5O/c1-12-5-3-4-6-15(12)23-9-14-17(21-13-7-8-13)19-11-20-18(14)22(2)10-16(23)24/h3-6,11,13H,7-10H2,1-2H3,(H,19,20,21). The SMILES string of the molecule is Cc1ccccc1N1Cc2c(NC3CC3)ncnc2N(C)CC1=O. The van der Waals surface area contributed by atoms with E-state index in [9.17, 15) is 4.79 Å². The monoisotopic (exact) mass is 323 g/mol. The number of nitrogens with zero attached hydrogens (tertiary/aromatic N) is 4. The average molecular weight is 323 g/mol. The first-order valence-electron chi connectivity index (χ1n) is 8.31. The van der Waals surface area contributed by atoms with E-state index in [-0.39, 0.29) is 5.91 Å². The fourth-order valence-corrected chi connectivity index (χ4v) is 3.12. The summed E-state index contributed by atoms with van der Waals surface area (Å²) in [5, 5.41) is 3.48. The van der Waals surface area contributed by atoms with Crippen LogP contribution in [-0.4, -0.2) is 35.5 Å². The molecule has 6 heteroatoms. The molecule has 0 radical (unpaired) electrons. The summed E-state index contributed by atoms with van der Waals surface area (Å²) in [6, 6.07) is 8.49. The van der Waals surface area contributed by atoms with Crippen LogP contribution in [0.1, 0.15) is 24.0 Å². The number of hydrogen-bond acceptors (Lipinski definition) is 5. The number of anilines is 3. The van der Waals surface area contributed by atoms with Crippen molar-refractivity contribution >= 4 is 23.2 Å². The summed E-state index contributed by atoms with van der Waals surface area (Å²) < 4.78 is 0. The second-order valence-corrected chi connectivity index (χ2v) is 6.57. The second-order valence-electron chi connectivity index (χ2n) is 6.57. The molecule has 124 valence electrons. The third-order valence-corrected chi connectivity index (χ3v) is 4.60. The highest BCUT2D eigenvalue weighted by molar-refractivity contribution is 5.98. The normalized spacial score (nSPS) is 17.5. The van der Waals surface area contributed by atoms with E-state index in [2.05, 4.69) is 15.3 Å². The number of aryl methyl sites for hydroxylation is 1. The fourth-order valence-electron chi connectivity index (χ4n) is 3.12. The number of carbonyl (C=O) groups excluding carboxylic acids is 1. The number of nitrogens with one attached hydrogen (secondary N) is 1. The number of rotatable bonds is 3. The third-order valence-electron chi connectivity index (χ3n) is 4.60. The van der Waals surface area contributed by atoms with E-state index >= 15 is 0 Å². The molecular weight excluding hydrogens is 302 g/mol. The van der Waals surface area contributed by atoms with Crippen LogP contribution in [0, 0.1) is 6.92 Å². The molecule has 0 atom stereocenters. The van der Waals surface area contributed by atoms with Gasteiger partial charge in [0.1, 0.15) is 18.0 Å². The predicted molar refractivity (Wildman–Crippen MR) is 94.3 cm³/mol. The molecule has 24 heavy (non-hydrogen) atoms. The van der Waals surface area contributed by atoms with Gasteiger partial charge in [-0.3, -0.25) is 4.79 Å². The minimum Gasteiger partial charge on any atom is -0.367 e. The van der Waals surface area contributed by atoms with Crippen molar-refractivity contribution in [3.8, 4) is 0 Å². The van der Waals surface area contributed by atoms with Gasteiger partial charge in [0.2, 0.25) is 5.91 Å². The topological polar surface area (TPSA) is 61.4 Å². The van der Waals surface area contributed by atoms with Gasteiger partial charge in [0, 0.05) is 18.8 Å². The van der Waals surface area contributed by atoms with Gasteiger partial charge in [-0.15, -0.1) is 0 Å². The van der Waals surface area contributed by atoms with Crippen LogP contribution < -0.4 is 15.1 Å². The van der Waals surface area contributed by atoms with Gasteiger partial charge < -0.3 is 15.1 Å². The van der Waals surface area contributed by atoms with Crippen molar-refractivity contribution < 1.29 is 4.79 Å². The van der Waals surface area contributed by atoms with E-state index in [1.807, 2.05) is 48.0 Å². The molecule has 0 spiro atoms. The first-order valence-corrected chi connectivity index (χ1v) is 8.31. The third kappa shape index (κ3) is 2.68. The van der Waals surface area contributed by atoms with E-state index in [0.29, 0.717) is 19.1 Å². The zero-order chi connectivity index (χ0) is 16.7. The summed E-state index contributed by atoms with van der Waals surface area (Å²) in [6.07, 6.45) is 3.93. The van der Waals surface area contributed by atoms with E-state index in [1.165, 1.54) is 12.8 Å². The lowest BCUT2D eigenvalue weighted by molar-refractivity contribution is -0.117. The van der Waals surface area contributed by atoms with Crippen molar-refractivity contribution in [2.24, 2.45) is 0 Å². The van der Waals surface area contributed by atoms with Crippen LogP contribution in [0.4, 0.5) is 17.3 Å². The van der Waals surface area contributed by atoms with Crippen molar-refractivity contribution in [2.45, 2.75) is 32.4 Å². The van der Waals surface area contributed by atoms with Crippen LogP contribution in [0.3, 0.4) is 0 Å². The molecule has 1 N–H and O–H groups in total. The number of aromatic nitrogens is 2. The number of likely N-dealkylation sites (N-methyl/N-ethyl adjacent to an activating group) is 1. The van der Waals surface area contributed by atoms with Gasteiger partial charge in [0.05, 0.1) is 18.7 Å². The number of para-hydroxylation sites is 1. The summed E-state index contributed by atoms with van der Waals surface area (Å²) >= 11 is 0. The lowest BCUT2D eigenvalue weighted by Gasteiger charge is -2.23. The maximum absolute atomic E-state index is 12.8. The van der Waals surface area contributed by atoms with Gasteiger partial charge in [-0.1, -0.05) is 18.2 Å². The minimum absolute atomic E-state index is 0.0715. The van der Waals surface area contributed by atoms with Crippen molar-refractivity contribution in [1.29, 1.82) is 0 Å². The minimum atomic E-state index is 0.0715. The molecule has 1 fully saturated rings. The number of benzene rings is 1. The Kier molecular flexibility index (Phi) is 3.59. The van der Waals surface area contributed by atoms with Crippen LogP contribution in [0.25, 0.3) is 0 Å². The molecule has 1 amide bonds. The molecule has 0 saturated heterocycles. The molecular formula is C18H21N5O. The zero-order valence-electron chi connectivity index (χ0n) is 14.0. The van der Waals surface area contributed by atoms with Gasteiger partial charge >= 0.3 is 0 Å². The molecule has 1 aliphatic carbocycles. The highest BCUT2D eigenvalue weighted by Crippen LogP contribution is 2.33. The molecule has 2 heterocycles. The second kappa shape index (κ2) is 5.78. The predicted octanol–water partition coefficient (Wildman–Crippen LogP) is 2.34. The van der Waals surface area contributed by atoms with Gasteiger partial charge in [0.25, 0.3) is 0 Å². The van der Waals surface area contributed by atoms with Crippen molar-refractivity contribution in [3.05, 3.63) is 41.7 Å². The molecule has 1 aromatic heterocycles. The van der Waals surface area contributed by atoms with E-state index < -0.39 is 0 Å². The quantitative estimate of drug-likeness (QED) is 0.939. The summed E-state index contributed by atoms with van der Waals surface area (Å²) in [5.74, 6) is 1.75. The number of amides is 1. The molecule has 0 unspecified atom stereocenters. The summed E-state index contributed by atoms with van der Waals surface area (Å²) in [6.45, 7) is 2.82. The van der Waals surface area contributed by atoms with E-state index in [4.69, 9.17) is 0 Å². The molecule has 1 aromatic carbocycles. The maximum atomic E-state index is 12.8. The first kappa shape index (κ1) is 14.9. The highest BCUT2D eigenvalue weighted by Gasteiger charge is 2.30. The number of carbonyl (C=O) groups is 1. The highest BCUT2D eigenvalue weighted by atomic mass is 16.2. The van der Waals surface area contributed by atoms with Gasteiger partial charge in [-0.25, -0.2) is 9.97 Å².